The highest BCUT2D eigenvalue weighted by atomic mass is 79.9. The fourth-order valence-corrected chi connectivity index (χ4v) is 1.85. The SMILES string of the molecule is Cc1c(C(=O)CBr)nnn1Cc1ccccc1. The quantitative estimate of drug-likeness (QED) is 0.641. The highest BCUT2D eigenvalue weighted by Gasteiger charge is 2.14. The second-order valence-corrected chi connectivity index (χ2v) is 4.28. The number of rotatable bonds is 4. The molecule has 1 heterocycles. The Balaban J connectivity index is 2.24. The van der Waals surface area contributed by atoms with Gasteiger partial charge in [0.1, 0.15) is 0 Å². The molecule has 1 aromatic heterocycles. The summed E-state index contributed by atoms with van der Waals surface area (Å²) < 4.78 is 1.74. The summed E-state index contributed by atoms with van der Waals surface area (Å²) in [4.78, 5) is 11.5. The summed E-state index contributed by atoms with van der Waals surface area (Å²) in [5, 5.41) is 8.20. The van der Waals surface area contributed by atoms with Gasteiger partial charge in [0, 0.05) is 0 Å². The van der Waals surface area contributed by atoms with Crippen molar-refractivity contribution in [2.45, 2.75) is 13.5 Å². The number of Topliss-reactive ketones (excluding diaryl/α,β-unsaturated/α-hetero) is 1. The van der Waals surface area contributed by atoms with E-state index < -0.39 is 0 Å². The van der Waals surface area contributed by atoms with Gasteiger partial charge in [-0.05, 0) is 12.5 Å². The number of hydrogen-bond acceptors (Lipinski definition) is 3. The molecular formula is C12H12BrN3O. The van der Waals surface area contributed by atoms with E-state index in [4.69, 9.17) is 0 Å². The smallest absolute Gasteiger partial charge is 0.195 e. The van der Waals surface area contributed by atoms with Gasteiger partial charge < -0.3 is 0 Å². The van der Waals surface area contributed by atoms with Crippen LogP contribution < -0.4 is 0 Å². The van der Waals surface area contributed by atoms with Crippen LogP contribution in [-0.2, 0) is 6.54 Å². The molecule has 0 unspecified atom stereocenters. The minimum absolute atomic E-state index is 0.0400. The molecular weight excluding hydrogens is 282 g/mol. The van der Waals surface area contributed by atoms with Crippen LogP contribution in [0.3, 0.4) is 0 Å². The van der Waals surface area contributed by atoms with E-state index in [9.17, 15) is 4.79 Å². The Bertz CT molecular complexity index is 522. The number of carbonyl (C=O) groups excluding carboxylic acids is 1. The van der Waals surface area contributed by atoms with Crippen molar-refractivity contribution in [3.8, 4) is 0 Å². The summed E-state index contributed by atoms with van der Waals surface area (Å²) in [7, 11) is 0. The van der Waals surface area contributed by atoms with E-state index in [0.29, 0.717) is 12.2 Å². The van der Waals surface area contributed by atoms with Crippen LogP contribution in [0, 0.1) is 6.92 Å². The van der Waals surface area contributed by atoms with Gasteiger partial charge >= 0.3 is 0 Å². The molecule has 1 aromatic carbocycles. The highest BCUT2D eigenvalue weighted by Crippen LogP contribution is 2.09. The maximum absolute atomic E-state index is 11.5. The fraction of sp³-hybridized carbons (Fsp3) is 0.250. The van der Waals surface area contributed by atoms with Crippen LogP contribution in [0.15, 0.2) is 30.3 Å². The van der Waals surface area contributed by atoms with E-state index in [1.54, 1.807) is 4.68 Å². The Morgan fingerprint density at radius 1 is 1.35 bits per heavy atom. The van der Waals surface area contributed by atoms with Crippen molar-refractivity contribution in [2.24, 2.45) is 0 Å². The first-order chi connectivity index (χ1) is 8.22. The third-order valence-electron chi connectivity index (χ3n) is 2.54. The van der Waals surface area contributed by atoms with Crippen molar-refractivity contribution >= 4 is 21.7 Å². The van der Waals surface area contributed by atoms with Crippen molar-refractivity contribution in [3.05, 3.63) is 47.3 Å². The summed E-state index contributed by atoms with van der Waals surface area (Å²) in [6.45, 7) is 2.49. The van der Waals surface area contributed by atoms with Crippen LogP contribution in [0.2, 0.25) is 0 Å². The van der Waals surface area contributed by atoms with Crippen LogP contribution in [0.5, 0.6) is 0 Å². The molecule has 0 saturated heterocycles. The molecule has 0 fully saturated rings. The molecule has 0 bridgehead atoms. The molecule has 0 aliphatic rings. The number of halogens is 1. The van der Waals surface area contributed by atoms with Gasteiger partial charge in [-0.1, -0.05) is 51.5 Å². The Morgan fingerprint density at radius 2 is 2.06 bits per heavy atom. The summed E-state index contributed by atoms with van der Waals surface area (Å²) in [6.07, 6.45) is 0. The molecule has 0 atom stereocenters. The minimum Gasteiger partial charge on any atom is -0.291 e. The zero-order chi connectivity index (χ0) is 12.3. The van der Waals surface area contributed by atoms with Gasteiger partial charge in [-0.25, -0.2) is 4.68 Å². The van der Waals surface area contributed by atoms with E-state index in [2.05, 4.69) is 26.2 Å². The average molecular weight is 294 g/mol. The lowest BCUT2D eigenvalue weighted by atomic mass is 10.2. The number of ketones is 1. The molecule has 2 rings (SSSR count). The Labute approximate surface area is 108 Å². The second kappa shape index (κ2) is 5.23. The van der Waals surface area contributed by atoms with E-state index >= 15 is 0 Å². The molecule has 4 nitrogen and oxygen atoms in total. The Morgan fingerprint density at radius 3 is 2.71 bits per heavy atom. The van der Waals surface area contributed by atoms with Gasteiger partial charge in [0.15, 0.2) is 11.5 Å². The molecule has 17 heavy (non-hydrogen) atoms. The predicted octanol–water partition coefficient (Wildman–Crippen LogP) is 2.21. The molecule has 0 N–H and O–H groups in total. The normalized spacial score (nSPS) is 10.5. The number of hydrogen-bond donors (Lipinski definition) is 0. The van der Waals surface area contributed by atoms with Crippen molar-refractivity contribution in [3.63, 3.8) is 0 Å². The largest absolute Gasteiger partial charge is 0.291 e. The van der Waals surface area contributed by atoms with Crippen LogP contribution in [0.1, 0.15) is 21.7 Å². The molecule has 88 valence electrons. The molecule has 0 aliphatic heterocycles. The average Bonchev–Trinajstić information content (AvgIpc) is 2.72. The number of benzene rings is 1. The van der Waals surface area contributed by atoms with E-state index in [1.165, 1.54) is 0 Å². The zero-order valence-corrected chi connectivity index (χ0v) is 11.0. The van der Waals surface area contributed by atoms with Crippen LogP contribution in [0.25, 0.3) is 0 Å². The Hall–Kier alpha value is -1.49. The van der Waals surface area contributed by atoms with Gasteiger partial charge in [-0.2, -0.15) is 0 Å². The van der Waals surface area contributed by atoms with Crippen molar-refractivity contribution in [1.29, 1.82) is 0 Å². The van der Waals surface area contributed by atoms with Gasteiger partial charge in [-0.15, -0.1) is 5.10 Å². The zero-order valence-electron chi connectivity index (χ0n) is 9.43. The van der Waals surface area contributed by atoms with E-state index in [-0.39, 0.29) is 11.1 Å². The number of alkyl halides is 1. The fourth-order valence-electron chi connectivity index (χ4n) is 1.59. The lowest BCUT2D eigenvalue weighted by Crippen LogP contribution is -2.06. The number of nitrogens with zero attached hydrogens (tertiary/aromatic N) is 3. The topological polar surface area (TPSA) is 47.8 Å². The summed E-state index contributed by atoms with van der Waals surface area (Å²) >= 11 is 3.14. The van der Waals surface area contributed by atoms with Crippen LogP contribution >= 0.6 is 15.9 Å². The van der Waals surface area contributed by atoms with Gasteiger partial charge in [-0.3, -0.25) is 4.79 Å². The lowest BCUT2D eigenvalue weighted by molar-refractivity contribution is 0.101. The monoisotopic (exact) mass is 293 g/mol. The molecule has 2 aromatic rings. The Kier molecular flexibility index (Phi) is 3.68. The molecule has 5 heteroatoms. The maximum atomic E-state index is 11.5. The third-order valence-corrected chi connectivity index (χ3v) is 3.05. The first kappa shape index (κ1) is 12.0. The number of aromatic nitrogens is 3. The van der Waals surface area contributed by atoms with Gasteiger partial charge in [0.25, 0.3) is 0 Å². The summed E-state index contributed by atoms with van der Waals surface area (Å²) in [5.41, 5.74) is 2.38. The lowest BCUT2D eigenvalue weighted by Gasteiger charge is -2.03. The predicted molar refractivity (Wildman–Crippen MR) is 68.4 cm³/mol. The van der Waals surface area contributed by atoms with E-state index in [1.807, 2.05) is 37.3 Å². The summed E-state index contributed by atoms with van der Waals surface area (Å²) in [5.74, 6) is -0.0400. The minimum atomic E-state index is -0.0400. The maximum Gasteiger partial charge on any atom is 0.195 e. The second-order valence-electron chi connectivity index (χ2n) is 3.72. The first-order valence-electron chi connectivity index (χ1n) is 5.25. The standard InChI is InChI=1S/C12H12BrN3O/c1-9-12(11(17)7-13)14-15-16(9)8-10-5-3-2-4-6-10/h2-6H,7-8H2,1H3. The molecule has 0 aliphatic carbocycles. The van der Waals surface area contributed by atoms with Crippen molar-refractivity contribution in [2.75, 3.05) is 5.33 Å². The molecule has 0 radical (unpaired) electrons. The van der Waals surface area contributed by atoms with Gasteiger partial charge in [0.2, 0.25) is 0 Å². The summed E-state index contributed by atoms with van der Waals surface area (Å²) in [6, 6.07) is 9.97. The third kappa shape index (κ3) is 2.61. The molecule has 0 spiro atoms. The highest BCUT2D eigenvalue weighted by molar-refractivity contribution is 9.09. The number of carbonyl (C=O) groups is 1. The van der Waals surface area contributed by atoms with Crippen LogP contribution in [0.4, 0.5) is 0 Å². The van der Waals surface area contributed by atoms with E-state index in [0.717, 1.165) is 11.3 Å². The van der Waals surface area contributed by atoms with Crippen molar-refractivity contribution in [1.82, 2.24) is 15.0 Å². The molecule has 0 amide bonds. The van der Waals surface area contributed by atoms with Crippen LogP contribution in [-0.4, -0.2) is 26.1 Å². The first-order valence-corrected chi connectivity index (χ1v) is 6.37. The van der Waals surface area contributed by atoms with Crippen molar-refractivity contribution < 1.29 is 4.79 Å². The van der Waals surface area contributed by atoms with Gasteiger partial charge in [0.05, 0.1) is 17.6 Å². The molecule has 0 saturated carbocycles.